The summed E-state index contributed by atoms with van der Waals surface area (Å²) in [5, 5.41) is 10.3. The fourth-order valence-corrected chi connectivity index (χ4v) is 1.71. The Morgan fingerprint density at radius 2 is 2.12 bits per heavy atom. The lowest BCUT2D eigenvalue weighted by Gasteiger charge is -2.23. The van der Waals surface area contributed by atoms with E-state index in [4.69, 9.17) is 0 Å². The Morgan fingerprint density at radius 1 is 1.29 bits per heavy atom. The summed E-state index contributed by atoms with van der Waals surface area (Å²) < 4.78 is 13.1. The first-order valence-corrected chi connectivity index (χ1v) is 5.30. The van der Waals surface area contributed by atoms with Gasteiger partial charge in [-0.15, -0.1) is 0 Å². The number of hydrogen-bond acceptors (Lipinski definition) is 3. The SMILES string of the molecule is CC(O)(Cc1cccnc1)c1cncc(F)c1. The molecule has 0 bridgehead atoms. The average Bonchev–Trinajstić information content (AvgIpc) is 2.30. The summed E-state index contributed by atoms with van der Waals surface area (Å²) in [5.41, 5.74) is 0.195. The Labute approximate surface area is 99.0 Å². The van der Waals surface area contributed by atoms with Gasteiger partial charge in [-0.1, -0.05) is 6.07 Å². The molecule has 88 valence electrons. The molecule has 2 heterocycles. The van der Waals surface area contributed by atoms with Gasteiger partial charge in [0.15, 0.2) is 0 Å². The van der Waals surface area contributed by atoms with Crippen molar-refractivity contribution in [3.05, 3.63) is 59.9 Å². The van der Waals surface area contributed by atoms with E-state index in [1.54, 1.807) is 25.4 Å². The van der Waals surface area contributed by atoms with Crippen LogP contribution >= 0.6 is 0 Å². The van der Waals surface area contributed by atoms with Gasteiger partial charge in [0.2, 0.25) is 0 Å². The summed E-state index contributed by atoms with van der Waals surface area (Å²) >= 11 is 0. The van der Waals surface area contributed by atoms with Crippen LogP contribution in [0.15, 0.2) is 43.0 Å². The third-order valence-electron chi connectivity index (χ3n) is 2.60. The number of rotatable bonds is 3. The van der Waals surface area contributed by atoms with Crippen molar-refractivity contribution < 1.29 is 9.50 Å². The van der Waals surface area contributed by atoms with Crippen molar-refractivity contribution in [3.8, 4) is 0 Å². The summed E-state index contributed by atoms with van der Waals surface area (Å²) in [7, 11) is 0. The van der Waals surface area contributed by atoms with Crippen LogP contribution in [-0.2, 0) is 12.0 Å². The first kappa shape index (κ1) is 11.7. The minimum Gasteiger partial charge on any atom is -0.385 e. The minimum atomic E-state index is -1.15. The number of aliphatic hydroxyl groups is 1. The number of aromatic nitrogens is 2. The second-order valence-corrected chi connectivity index (χ2v) is 4.20. The molecule has 0 radical (unpaired) electrons. The summed E-state index contributed by atoms with van der Waals surface area (Å²) in [4.78, 5) is 7.72. The maximum atomic E-state index is 13.1. The molecule has 3 nitrogen and oxygen atoms in total. The van der Waals surface area contributed by atoms with Crippen LogP contribution in [0.5, 0.6) is 0 Å². The molecule has 0 aliphatic rings. The molecule has 0 saturated carbocycles. The van der Waals surface area contributed by atoms with Crippen LogP contribution in [0.3, 0.4) is 0 Å². The predicted molar refractivity (Wildman–Crippen MR) is 61.7 cm³/mol. The fraction of sp³-hybridized carbons (Fsp3) is 0.231. The Morgan fingerprint density at radius 3 is 2.76 bits per heavy atom. The highest BCUT2D eigenvalue weighted by Crippen LogP contribution is 2.24. The van der Waals surface area contributed by atoms with Crippen molar-refractivity contribution >= 4 is 0 Å². The zero-order valence-electron chi connectivity index (χ0n) is 9.47. The van der Waals surface area contributed by atoms with Gasteiger partial charge in [-0.05, 0) is 24.6 Å². The van der Waals surface area contributed by atoms with E-state index >= 15 is 0 Å². The zero-order chi connectivity index (χ0) is 12.3. The Bertz CT molecular complexity index is 500. The van der Waals surface area contributed by atoms with Crippen LogP contribution in [0, 0.1) is 5.82 Å². The molecule has 1 unspecified atom stereocenters. The molecule has 0 fully saturated rings. The highest BCUT2D eigenvalue weighted by atomic mass is 19.1. The molecular formula is C13H13FN2O. The maximum Gasteiger partial charge on any atom is 0.141 e. The topological polar surface area (TPSA) is 46.0 Å². The van der Waals surface area contributed by atoms with Crippen LogP contribution in [-0.4, -0.2) is 15.1 Å². The highest BCUT2D eigenvalue weighted by molar-refractivity contribution is 5.22. The number of halogens is 1. The lowest BCUT2D eigenvalue weighted by atomic mass is 9.91. The number of hydrogen-bond donors (Lipinski definition) is 1. The Kier molecular flexibility index (Phi) is 3.15. The van der Waals surface area contributed by atoms with Gasteiger partial charge >= 0.3 is 0 Å². The van der Waals surface area contributed by atoms with Crippen LogP contribution in [0.2, 0.25) is 0 Å². The van der Waals surface area contributed by atoms with E-state index in [1.165, 1.54) is 12.3 Å². The third kappa shape index (κ3) is 2.85. The highest BCUT2D eigenvalue weighted by Gasteiger charge is 2.24. The van der Waals surface area contributed by atoms with Gasteiger partial charge in [0, 0.05) is 30.6 Å². The molecule has 0 aromatic carbocycles. The van der Waals surface area contributed by atoms with Gasteiger partial charge < -0.3 is 5.11 Å². The zero-order valence-corrected chi connectivity index (χ0v) is 9.47. The molecule has 2 aromatic rings. The van der Waals surface area contributed by atoms with E-state index in [0.717, 1.165) is 11.8 Å². The second-order valence-electron chi connectivity index (χ2n) is 4.20. The quantitative estimate of drug-likeness (QED) is 0.881. The maximum absolute atomic E-state index is 13.1. The van der Waals surface area contributed by atoms with Crippen molar-refractivity contribution in [1.82, 2.24) is 9.97 Å². The number of pyridine rings is 2. The Balaban J connectivity index is 2.25. The largest absolute Gasteiger partial charge is 0.385 e. The lowest BCUT2D eigenvalue weighted by molar-refractivity contribution is 0.0568. The lowest BCUT2D eigenvalue weighted by Crippen LogP contribution is -2.24. The predicted octanol–water partition coefficient (Wildman–Crippen LogP) is 2.07. The van der Waals surface area contributed by atoms with Crippen LogP contribution in [0.1, 0.15) is 18.1 Å². The van der Waals surface area contributed by atoms with Gasteiger partial charge in [0.25, 0.3) is 0 Å². The molecule has 17 heavy (non-hydrogen) atoms. The van der Waals surface area contributed by atoms with Crippen LogP contribution in [0.25, 0.3) is 0 Å². The first-order chi connectivity index (χ1) is 8.08. The minimum absolute atomic E-state index is 0.367. The van der Waals surface area contributed by atoms with E-state index < -0.39 is 11.4 Å². The molecule has 4 heteroatoms. The molecule has 1 N–H and O–H groups in total. The molecular weight excluding hydrogens is 219 g/mol. The van der Waals surface area contributed by atoms with Gasteiger partial charge in [-0.2, -0.15) is 0 Å². The van der Waals surface area contributed by atoms with Crippen molar-refractivity contribution in [3.63, 3.8) is 0 Å². The molecule has 2 aromatic heterocycles. The monoisotopic (exact) mass is 232 g/mol. The van der Waals surface area contributed by atoms with Crippen LogP contribution < -0.4 is 0 Å². The summed E-state index contributed by atoms with van der Waals surface area (Å²) in [6.45, 7) is 1.64. The average molecular weight is 232 g/mol. The van der Waals surface area contributed by atoms with E-state index in [0.29, 0.717) is 12.0 Å². The summed E-state index contributed by atoms with van der Waals surface area (Å²) in [6, 6.07) is 4.97. The second kappa shape index (κ2) is 4.59. The molecule has 0 amide bonds. The number of nitrogens with zero attached hydrogens (tertiary/aromatic N) is 2. The Hall–Kier alpha value is -1.81. The van der Waals surface area contributed by atoms with Gasteiger partial charge in [-0.25, -0.2) is 4.39 Å². The van der Waals surface area contributed by atoms with Crippen molar-refractivity contribution in [2.24, 2.45) is 0 Å². The molecule has 0 saturated heterocycles. The van der Waals surface area contributed by atoms with E-state index in [1.807, 2.05) is 6.07 Å². The molecule has 1 atom stereocenters. The van der Waals surface area contributed by atoms with Gasteiger partial charge in [0.1, 0.15) is 5.82 Å². The standard InChI is InChI=1S/C13H13FN2O/c1-13(17,6-10-3-2-4-15-7-10)11-5-12(14)9-16-8-11/h2-5,7-9,17H,6H2,1H3. The summed E-state index contributed by atoms with van der Waals surface area (Å²) in [6.07, 6.45) is 6.30. The van der Waals surface area contributed by atoms with E-state index in [9.17, 15) is 9.50 Å². The van der Waals surface area contributed by atoms with E-state index in [2.05, 4.69) is 9.97 Å². The smallest absolute Gasteiger partial charge is 0.141 e. The van der Waals surface area contributed by atoms with Gasteiger partial charge in [-0.3, -0.25) is 9.97 Å². The molecule has 0 spiro atoms. The normalized spacial score (nSPS) is 14.3. The molecule has 0 aliphatic carbocycles. The van der Waals surface area contributed by atoms with Crippen molar-refractivity contribution in [2.45, 2.75) is 18.9 Å². The van der Waals surface area contributed by atoms with Crippen molar-refractivity contribution in [1.29, 1.82) is 0 Å². The van der Waals surface area contributed by atoms with Crippen LogP contribution in [0.4, 0.5) is 4.39 Å². The molecule has 0 aliphatic heterocycles. The van der Waals surface area contributed by atoms with Gasteiger partial charge in [0.05, 0.1) is 11.8 Å². The van der Waals surface area contributed by atoms with Crippen molar-refractivity contribution in [2.75, 3.05) is 0 Å². The fourth-order valence-electron chi connectivity index (χ4n) is 1.71. The summed E-state index contributed by atoms with van der Waals surface area (Å²) in [5.74, 6) is -0.450. The van der Waals surface area contributed by atoms with E-state index in [-0.39, 0.29) is 0 Å². The third-order valence-corrected chi connectivity index (χ3v) is 2.60. The first-order valence-electron chi connectivity index (χ1n) is 5.30. The molecule has 2 rings (SSSR count).